The number of aldehydes is 1. The Labute approximate surface area is 90.2 Å². The minimum absolute atomic E-state index is 0.621. The van der Waals surface area contributed by atoms with Crippen LogP contribution in [0.15, 0.2) is 0 Å². The van der Waals surface area contributed by atoms with E-state index < -0.39 is 0 Å². The Morgan fingerprint density at radius 1 is 1.40 bits per heavy atom. The summed E-state index contributed by atoms with van der Waals surface area (Å²) in [6, 6.07) is 0. The lowest BCUT2D eigenvalue weighted by atomic mass is 10.1. The van der Waals surface area contributed by atoms with Crippen molar-refractivity contribution in [2.45, 2.75) is 33.2 Å². The zero-order valence-corrected chi connectivity index (χ0v) is 9.62. The number of methoxy groups -OCH3 is 1. The van der Waals surface area contributed by atoms with Crippen molar-refractivity contribution in [3.8, 4) is 0 Å². The molecule has 0 saturated carbocycles. The molecule has 0 unspecified atom stereocenters. The van der Waals surface area contributed by atoms with Gasteiger partial charge in [0.15, 0.2) is 6.29 Å². The lowest BCUT2D eigenvalue weighted by molar-refractivity contribution is 0.112. The molecular weight excluding hydrogens is 192 g/mol. The van der Waals surface area contributed by atoms with Crippen LogP contribution in [-0.2, 0) is 24.1 Å². The fraction of sp³-hybridized carbons (Fsp3) is 0.636. The molecule has 0 spiro atoms. The van der Waals surface area contributed by atoms with Crippen LogP contribution in [0.25, 0.3) is 0 Å². The highest BCUT2D eigenvalue weighted by Gasteiger charge is 2.13. The van der Waals surface area contributed by atoms with Crippen LogP contribution in [0.2, 0.25) is 0 Å². The Morgan fingerprint density at radius 3 is 2.60 bits per heavy atom. The van der Waals surface area contributed by atoms with Crippen molar-refractivity contribution in [2.24, 2.45) is 0 Å². The number of aromatic nitrogens is 2. The zero-order valence-electron chi connectivity index (χ0n) is 9.62. The Hall–Kier alpha value is -1.16. The number of carbonyl (C=O) groups is 1. The molecule has 0 amide bonds. The van der Waals surface area contributed by atoms with Crippen LogP contribution in [0.1, 0.15) is 35.6 Å². The molecule has 0 radical (unpaired) electrons. The lowest BCUT2D eigenvalue weighted by Gasteiger charge is -2.04. The predicted molar refractivity (Wildman–Crippen MR) is 58.2 cm³/mol. The number of carbonyl (C=O) groups excluding carboxylic acids is 1. The molecule has 0 bridgehead atoms. The van der Waals surface area contributed by atoms with Gasteiger partial charge in [-0.3, -0.25) is 9.48 Å². The molecule has 1 aromatic heterocycles. The maximum absolute atomic E-state index is 11.0. The number of nitrogens with zero attached hydrogens (tertiary/aromatic N) is 2. The smallest absolute Gasteiger partial charge is 0.153 e. The Bertz CT molecular complexity index is 332. The van der Waals surface area contributed by atoms with Gasteiger partial charge in [-0.05, 0) is 12.8 Å². The van der Waals surface area contributed by atoms with Crippen molar-refractivity contribution >= 4 is 6.29 Å². The number of ether oxygens (including phenoxy) is 1. The third-order valence-electron chi connectivity index (χ3n) is 2.47. The predicted octanol–water partition coefficient (Wildman–Crippen LogP) is 1.47. The van der Waals surface area contributed by atoms with E-state index in [1.165, 1.54) is 0 Å². The fourth-order valence-electron chi connectivity index (χ4n) is 1.70. The first kappa shape index (κ1) is 11.9. The molecule has 15 heavy (non-hydrogen) atoms. The van der Waals surface area contributed by atoms with Gasteiger partial charge in [-0.2, -0.15) is 5.10 Å². The fourth-order valence-corrected chi connectivity index (χ4v) is 1.70. The van der Waals surface area contributed by atoms with E-state index in [-0.39, 0.29) is 0 Å². The van der Waals surface area contributed by atoms with Gasteiger partial charge in [0, 0.05) is 12.8 Å². The highest BCUT2D eigenvalue weighted by atomic mass is 16.5. The van der Waals surface area contributed by atoms with Crippen LogP contribution in [0.3, 0.4) is 0 Å². The van der Waals surface area contributed by atoms with Gasteiger partial charge in [-0.15, -0.1) is 0 Å². The Morgan fingerprint density at radius 2 is 2.13 bits per heavy atom. The van der Waals surface area contributed by atoms with Crippen LogP contribution < -0.4 is 0 Å². The number of rotatable bonds is 6. The summed E-state index contributed by atoms with van der Waals surface area (Å²) in [7, 11) is 1.66. The van der Waals surface area contributed by atoms with Gasteiger partial charge in [-0.25, -0.2) is 0 Å². The molecule has 0 aliphatic heterocycles. The van der Waals surface area contributed by atoms with Gasteiger partial charge in [0.25, 0.3) is 0 Å². The average molecular weight is 210 g/mol. The molecule has 0 aliphatic carbocycles. The SMILES string of the molecule is CCc1nn(CCOC)c(CC)c1C=O. The number of hydrogen-bond acceptors (Lipinski definition) is 3. The molecule has 1 rings (SSSR count). The number of hydrogen-bond donors (Lipinski definition) is 0. The molecule has 4 nitrogen and oxygen atoms in total. The molecule has 0 saturated heterocycles. The molecular formula is C11H18N2O2. The third-order valence-corrected chi connectivity index (χ3v) is 2.47. The Kier molecular flexibility index (Phi) is 4.49. The maximum Gasteiger partial charge on any atom is 0.153 e. The molecule has 4 heteroatoms. The second-order valence-electron chi connectivity index (χ2n) is 3.35. The van der Waals surface area contributed by atoms with Crippen molar-refractivity contribution < 1.29 is 9.53 Å². The summed E-state index contributed by atoms with van der Waals surface area (Å²) >= 11 is 0. The molecule has 0 N–H and O–H groups in total. The van der Waals surface area contributed by atoms with Crippen LogP contribution in [0.4, 0.5) is 0 Å². The summed E-state index contributed by atoms with van der Waals surface area (Å²) in [6.07, 6.45) is 2.53. The second-order valence-corrected chi connectivity index (χ2v) is 3.35. The molecule has 0 atom stereocenters. The van der Waals surface area contributed by atoms with E-state index >= 15 is 0 Å². The van der Waals surface area contributed by atoms with Crippen molar-refractivity contribution in [2.75, 3.05) is 13.7 Å². The first-order valence-corrected chi connectivity index (χ1v) is 5.31. The van der Waals surface area contributed by atoms with Crippen LogP contribution in [0.5, 0.6) is 0 Å². The van der Waals surface area contributed by atoms with Crippen molar-refractivity contribution in [1.82, 2.24) is 9.78 Å². The summed E-state index contributed by atoms with van der Waals surface area (Å²) < 4.78 is 6.89. The van der Waals surface area contributed by atoms with E-state index in [2.05, 4.69) is 5.10 Å². The molecule has 0 aromatic carbocycles. The van der Waals surface area contributed by atoms with Crippen LogP contribution in [0, 0.1) is 0 Å². The molecule has 84 valence electrons. The van der Waals surface area contributed by atoms with Gasteiger partial charge in [-0.1, -0.05) is 13.8 Å². The average Bonchev–Trinajstić information content (AvgIpc) is 2.62. The van der Waals surface area contributed by atoms with Gasteiger partial charge >= 0.3 is 0 Å². The van der Waals surface area contributed by atoms with Crippen molar-refractivity contribution in [1.29, 1.82) is 0 Å². The van der Waals surface area contributed by atoms with Crippen molar-refractivity contribution in [3.63, 3.8) is 0 Å². The highest BCUT2D eigenvalue weighted by Crippen LogP contribution is 2.13. The largest absolute Gasteiger partial charge is 0.383 e. The minimum atomic E-state index is 0.621. The van der Waals surface area contributed by atoms with E-state index in [9.17, 15) is 4.79 Å². The third kappa shape index (κ3) is 2.45. The van der Waals surface area contributed by atoms with E-state index in [0.29, 0.717) is 13.2 Å². The zero-order chi connectivity index (χ0) is 11.3. The van der Waals surface area contributed by atoms with Crippen LogP contribution >= 0.6 is 0 Å². The second kappa shape index (κ2) is 5.66. The van der Waals surface area contributed by atoms with Gasteiger partial charge in [0.05, 0.1) is 24.4 Å². The molecule has 1 aromatic rings. The van der Waals surface area contributed by atoms with E-state index in [4.69, 9.17) is 4.74 Å². The molecule has 1 heterocycles. The summed E-state index contributed by atoms with van der Waals surface area (Å²) in [5.41, 5.74) is 2.66. The van der Waals surface area contributed by atoms with E-state index in [1.807, 2.05) is 18.5 Å². The maximum atomic E-state index is 11.0. The van der Waals surface area contributed by atoms with Crippen LogP contribution in [-0.4, -0.2) is 29.8 Å². The molecule has 0 aliphatic rings. The van der Waals surface area contributed by atoms with Gasteiger partial charge in [0.2, 0.25) is 0 Å². The van der Waals surface area contributed by atoms with Gasteiger partial charge in [0.1, 0.15) is 0 Å². The monoisotopic (exact) mass is 210 g/mol. The normalized spacial score (nSPS) is 10.6. The van der Waals surface area contributed by atoms with E-state index in [1.54, 1.807) is 7.11 Å². The summed E-state index contributed by atoms with van der Waals surface area (Å²) in [6.45, 7) is 5.37. The Balaban J connectivity index is 3.03. The minimum Gasteiger partial charge on any atom is -0.383 e. The number of aryl methyl sites for hydroxylation is 1. The molecule has 0 fully saturated rings. The van der Waals surface area contributed by atoms with Gasteiger partial charge < -0.3 is 4.74 Å². The summed E-state index contributed by atoms with van der Waals surface area (Å²) in [5, 5.41) is 4.41. The highest BCUT2D eigenvalue weighted by molar-refractivity contribution is 5.78. The standard InChI is InChI=1S/C11H18N2O2/c1-4-10-9(8-14)11(5-2)13(12-10)6-7-15-3/h8H,4-7H2,1-3H3. The summed E-state index contributed by atoms with van der Waals surface area (Å²) in [5.74, 6) is 0. The first-order chi connectivity index (χ1) is 7.28. The van der Waals surface area contributed by atoms with E-state index in [0.717, 1.165) is 36.1 Å². The summed E-state index contributed by atoms with van der Waals surface area (Å²) in [4.78, 5) is 11.0. The topological polar surface area (TPSA) is 44.1 Å². The van der Waals surface area contributed by atoms with Crippen molar-refractivity contribution in [3.05, 3.63) is 17.0 Å². The first-order valence-electron chi connectivity index (χ1n) is 5.31. The lowest BCUT2D eigenvalue weighted by Crippen LogP contribution is -2.09. The quantitative estimate of drug-likeness (QED) is 0.668.